The Kier molecular flexibility index (Phi) is 6.47. The van der Waals surface area contributed by atoms with Gasteiger partial charge in [0.15, 0.2) is 5.82 Å². The third kappa shape index (κ3) is 5.03. The van der Waals surface area contributed by atoms with Crippen molar-refractivity contribution in [3.8, 4) is 11.3 Å². The van der Waals surface area contributed by atoms with Crippen LogP contribution in [0.3, 0.4) is 0 Å². The molecule has 1 N–H and O–H groups in total. The van der Waals surface area contributed by atoms with Crippen molar-refractivity contribution in [1.82, 2.24) is 19.9 Å². The number of piperidine rings is 1. The predicted molar refractivity (Wildman–Crippen MR) is 115 cm³/mol. The third-order valence-electron chi connectivity index (χ3n) is 5.21. The smallest absolute Gasteiger partial charge is 0.249 e. The zero-order valence-electron chi connectivity index (χ0n) is 17.3. The SMILES string of the molecule is COCC(=O)N1CCCC[C@@H]1c1nc(Nc2cccc(F)c2)cc(-c2ccncc2)n1. The zero-order valence-corrected chi connectivity index (χ0v) is 17.3. The molecule has 1 fully saturated rings. The van der Waals surface area contributed by atoms with Crippen molar-refractivity contribution in [2.45, 2.75) is 25.3 Å². The molecule has 4 rings (SSSR count). The molecule has 31 heavy (non-hydrogen) atoms. The molecule has 0 unspecified atom stereocenters. The standard InChI is InChI=1S/C23H24FN5O2/c1-31-15-22(30)29-12-3-2-7-20(29)23-27-19(16-8-10-25-11-9-16)14-21(28-23)26-18-6-4-5-17(24)13-18/h4-6,8-11,13-14,20H,2-3,7,12,15H2,1H3,(H,26,27,28)/t20-/m1/s1. The van der Waals surface area contributed by atoms with Crippen LogP contribution in [0.5, 0.6) is 0 Å². The van der Waals surface area contributed by atoms with Crippen LogP contribution < -0.4 is 5.32 Å². The van der Waals surface area contributed by atoms with Crippen LogP contribution in [0.1, 0.15) is 31.1 Å². The summed E-state index contributed by atoms with van der Waals surface area (Å²) in [5.41, 5.74) is 2.17. The lowest BCUT2D eigenvalue weighted by Crippen LogP contribution is -2.41. The summed E-state index contributed by atoms with van der Waals surface area (Å²) in [6.07, 6.45) is 6.09. The first-order chi connectivity index (χ1) is 15.1. The van der Waals surface area contributed by atoms with Crippen molar-refractivity contribution in [3.05, 3.63) is 66.5 Å². The van der Waals surface area contributed by atoms with Crippen molar-refractivity contribution in [3.63, 3.8) is 0 Å². The first-order valence-electron chi connectivity index (χ1n) is 10.2. The lowest BCUT2D eigenvalue weighted by atomic mass is 10.0. The molecule has 0 aliphatic carbocycles. The molecular weight excluding hydrogens is 397 g/mol. The fourth-order valence-corrected chi connectivity index (χ4v) is 3.77. The number of rotatable bonds is 6. The highest BCUT2D eigenvalue weighted by molar-refractivity contribution is 5.78. The summed E-state index contributed by atoms with van der Waals surface area (Å²) in [6, 6.07) is 11.5. The van der Waals surface area contributed by atoms with Crippen LogP contribution in [0.15, 0.2) is 54.9 Å². The second-order valence-corrected chi connectivity index (χ2v) is 7.40. The number of carbonyl (C=O) groups is 1. The molecule has 0 bridgehead atoms. The second-order valence-electron chi connectivity index (χ2n) is 7.40. The number of nitrogens with zero attached hydrogens (tertiary/aromatic N) is 4. The molecule has 8 heteroatoms. The van der Waals surface area contributed by atoms with Gasteiger partial charge in [-0.3, -0.25) is 9.78 Å². The Bertz CT molecular complexity index is 1050. The number of halogens is 1. The van der Waals surface area contributed by atoms with Crippen molar-refractivity contribution in [2.24, 2.45) is 0 Å². The fourth-order valence-electron chi connectivity index (χ4n) is 3.77. The van der Waals surface area contributed by atoms with E-state index < -0.39 is 0 Å². The molecule has 1 amide bonds. The maximum Gasteiger partial charge on any atom is 0.249 e. The minimum atomic E-state index is -0.336. The van der Waals surface area contributed by atoms with E-state index in [0.717, 1.165) is 24.8 Å². The maximum atomic E-state index is 13.7. The first-order valence-corrected chi connectivity index (χ1v) is 10.2. The van der Waals surface area contributed by atoms with Gasteiger partial charge in [-0.25, -0.2) is 14.4 Å². The number of carbonyl (C=O) groups excluding carboxylic acids is 1. The van der Waals surface area contributed by atoms with Crippen LogP contribution in [-0.2, 0) is 9.53 Å². The molecule has 160 valence electrons. The minimum absolute atomic E-state index is 0.0228. The number of anilines is 2. The molecule has 0 saturated carbocycles. The maximum absolute atomic E-state index is 13.7. The van der Waals surface area contributed by atoms with E-state index in [2.05, 4.69) is 10.3 Å². The average Bonchev–Trinajstić information content (AvgIpc) is 2.80. The number of hydrogen-bond acceptors (Lipinski definition) is 6. The number of benzene rings is 1. The highest BCUT2D eigenvalue weighted by atomic mass is 19.1. The van der Waals surface area contributed by atoms with Gasteiger partial charge in [0.2, 0.25) is 5.91 Å². The number of ether oxygens (including phenoxy) is 1. The van der Waals surface area contributed by atoms with Crippen molar-refractivity contribution >= 4 is 17.4 Å². The van der Waals surface area contributed by atoms with Gasteiger partial charge in [0.1, 0.15) is 18.2 Å². The van der Waals surface area contributed by atoms with Gasteiger partial charge < -0.3 is 15.0 Å². The van der Waals surface area contributed by atoms with Gasteiger partial charge in [0, 0.05) is 43.4 Å². The Hall–Kier alpha value is -3.39. The molecule has 1 aliphatic rings. The average molecular weight is 421 g/mol. The first kappa shape index (κ1) is 20.9. The van der Waals surface area contributed by atoms with Gasteiger partial charge in [-0.15, -0.1) is 0 Å². The van der Waals surface area contributed by atoms with Crippen LogP contribution >= 0.6 is 0 Å². The van der Waals surface area contributed by atoms with Crippen molar-refractivity contribution in [2.75, 3.05) is 25.6 Å². The number of amides is 1. The molecule has 1 aromatic carbocycles. The molecule has 1 aliphatic heterocycles. The molecule has 3 heterocycles. The summed E-state index contributed by atoms with van der Waals surface area (Å²) in [5, 5.41) is 3.17. The van der Waals surface area contributed by atoms with Crippen LogP contribution in [-0.4, -0.2) is 46.0 Å². The summed E-state index contributed by atoms with van der Waals surface area (Å²) in [6.45, 7) is 0.664. The largest absolute Gasteiger partial charge is 0.375 e. The van der Waals surface area contributed by atoms with E-state index in [9.17, 15) is 9.18 Å². The Morgan fingerprint density at radius 3 is 2.81 bits per heavy atom. The van der Waals surface area contributed by atoms with Crippen LogP contribution in [0, 0.1) is 5.82 Å². The summed E-state index contributed by atoms with van der Waals surface area (Å²) < 4.78 is 18.7. The Morgan fingerprint density at radius 2 is 2.03 bits per heavy atom. The molecule has 3 aromatic rings. The monoisotopic (exact) mass is 421 g/mol. The number of likely N-dealkylation sites (tertiary alicyclic amines) is 1. The lowest BCUT2D eigenvalue weighted by Gasteiger charge is -2.35. The van der Waals surface area contributed by atoms with Gasteiger partial charge in [-0.1, -0.05) is 6.07 Å². The van der Waals surface area contributed by atoms with Gasteiger partial charge in [-0.2, -0.15) is 0 Å². The second kappa shape index (κ2) is 9.61. The van der Waals surface area contributed by atoms with E-state index in [1.54, 1.807) is 29.4 Å². The normalized spacial score (nSPS) is 16.2. The van der Waals surface area contributed by atoms with Gasteiger partial charge in [0.25, 0.3) is 0 Å². The number of methoxy groups -OCH3 is 1. The quantitative estimate of drug-likeness (QED) is 0.645. The molecule has 1 atom stereocenters. The minimum Gasteiger partial charge on any atom is -0.375 e. The summed E-state index contributed by atoms with van der Waals surface area (Å²) in [5.74, 6) is 0.673. The fraction of sp³-hybridized carbons (Fsp3) is 0.304. The molecule has 7 nitrogen and oxygen atoms in total. The van der Waals surface area contributed by atoms with Gasteiger partial charge in [-0.05, 0) is 49.6 Å². The number of nitrogens with one attached hydrogen (secondary N) is 1. The van der Waals surface area contributed by atoms with Crippen LogP contribution in [0.2, 0.25) is 0 Å². The number of aromatic nitrogens is 3. The van der Waals surface area contributed by atoms with Crippen LogP contribution in [0.4, 0.5) is 15.9 Å². The zero-order chi connectivity index (χ0) is 21.6. The summed E-state index contributed by atoms with van der Waals surface area (Å²) in [4.78, 5) is 28.0. The van der Waals surface area contributed by atoms with Gasteiger partial charge >= 0.3 is 0 Å². The highest BCUT2D eigenvalue weighted by Gasteiger charge is 2.30. The van der Waals surface area contributed by atoms with E-state index in [1.807, 2.05) is 18.2 Å². The van der Waals surface area contributed by atoms with Crippen molar-refractivity contribution < 1.29 is 13.9 Å². The highest BCUT2D eigenvalue weighted by Crippen LogP contribution is 2.32. The predicted octanol–water partition coefficient (Wildman–Crippen LogP) is 4.12. The Morgan fingerprint density at radius 1 is 1.19 bits per heavy atom. The lowest BCUT2D eigenvalue weighted by molar-refractivity contribution is -0.139. The topological polar surface area (TPSA) is 80.2 Å². The Balaban J connectivity index is 1.74. The molecule has 1 saturated heterocycles. The summed E-state index contributed by atoms with van der Waals surface area (Å²) in [7, 11) is 1.51. The number of hydrogen-bond donors (Lipinski definition) is 1. The Labute approximate surface area is 180 Å². The van der Waals surface area contributed by atoms with E-state index in [4.69, 9.17) is 14.7 Å². The molecule has 2 aromatic heterocycles. The van der Waals surface area contributed by atoms with E-state index >= 15 is 0 Å². The van der Waals surface area contributed by atoms with Crippen LogP contribution in [0.25, 0.3) is 11.3 Å². The van der Waals surface area contributed by atoms with Gasteiger partial charge in [0.05, 0.1) is 11.7 Å². The molecule has 0 radical (unpaired) electrons. The van der Waals surface area contributed by atoms with E-state index in [0.29, 0.717) is 29.6 Å². The third-order valence-corrected chi connectivity index (χ3v) is 5.21. The van der Waals surface area contributed by atoms with E-state index in [-0.39, 0.29) is 24.4 Å². The van der Waals surface area contributed by atoms with E-state index in [1.165, 1.54) is 19.2 Å². The number of pyridine rings is 1. The molecule has 0 spiro atoms. The summed E-state index contributed by atoms with van der Waals surface area (Å²) >= 11 is 0. The van der Waals surface area contributed by atoms with Crippen molar-refractivity contribution in [1.29, 1.82) is 0 Å². The molecular formula is C23H24FN5O2.